The van der Waals surface area contributed by atoms with Crippen LogP contribution in [-0.4, -0.2) is 42.2 Å². The number of carboxylic acid groups (broad SMARTS) is 1. The fourth-order valence-corrected chi connectivity index (χ4v) is 2.88. The van der Waals surface area contributed by atoms with Crippen molar-refractivity contribution in [1.29, 1.82) is 0 Å². The van der Waals surface area contributed by atoms with Crippen molar-refractivity contribution in [2.45, 2.75) is 18.7 Å². The standard InChI is InChI=1S/C12H14N2O6S/c1-8(15)13-10-3-5-11(6-4-10)21(19,20)14(9(2)16)7-12(17)18/h3-6H,7H2,1-2H3,(H,13,15)(H,17,18). The van der Waals surface area contributed by atoms with Gasteiger partial charge in [-0.3, -0.25) is 14.4 Å². The summed E-state index contributed by atoms with van der Waals surface area (Å²) in [5, 5.41) is 11.1. The van der Waals surface area contributed by atoms with Crippen molar-refractivity contribution in [3.63, 3.8) is 0 Å². The zero-order chi connectivity index (χ0) is 16.2. The van der Waals surface area contributed by atoms with Gasteiger partial charge in [-0.1, -0.05) is 0 Å². The molecule has 114 valence electrons. The lowest BCUT2D eigenvalue weighted by atomic mass is 10.3. The number of hydrogen-bond acceptors (Lipinski definition) is 5. The minimum Gasteiger partial charge on any atom is -0.480 e. The molecular formula is C12H14N2O6S. The number of hydrogen-bond donors (Lipinski definition) is 2. The van der Waals surface area contributed by atoms with Gasteiger partial charge in [0, 0.05) is 19.5 Å². The van der Waals surface area contributed by atoms with Gasteiger partial charge in [-0.15, -0.1) is 0 Å². The van der Waals surface area contributed by atoms with Crippen LogP contribution in [0.1, 0.15) is 13.8 Å². The molecule has 1 aromatic carbocycles. The van der Waals surface area contributed by atoms with Crippen LogP contribution in [0.25, 0.3) is 0 Å². The van der Waals surface area contributed by atoms with Crippen LogP contribution < -0.4 is 5.32 Å². The van der Waals surface area contributed by atoms with Crippen molar-refractivity contribution in [1.82, 2.24) is 4.31 Å². The van der Waals surface area contributed by atoms with E-state index in [9.17, 15) is 22.8 Å². The molecule has 1 aromatic rings. The van der Waals surface area contributed by atoms with Gasteiger partial charge in [-0.2, -0.15) is 0 Å². The first kappa shape index (κ1) is 16.6. The number of aliphatic carboxylic acids is 1. The van der Waals surface area contributed by atoms with Gasteiger partial charge in [0.05, 0.1) is 4.90 Å². The first-order valence-electron chi connectivity index (χ1n) is 5.77. The Kier molecular flexibility index (Phi) is 5.03. The van der Waals surface area contributed by atoms with Crippen molar-refractivity contribution in [2.24, 2.45) is 0 Å². The summed E-state index contributed by atoms with van der Waals surface area (Å²) in [7, 11) is -4.25. The van der Waals surface area contributed by atoms with Gasteiger partial charge in [0.1, 0.15) is 6.54 Å². The van der Waals surface area contributed by atoms with Crippen molar-refractivity contribution < 1.29 is 27.9 Å². The van der Waals surface area contributed by atoms with Crippen molar-refractivity contribution >= 4 is 33.5 Å². The average Bonchev–Trinajstić information content (AvgIpc) is 2.35. The largest absolute Gasteiger partial charge is 0.480 e. The second-order valence-electron chi connectivity index (χ2n) is 4.13. The highest BCUT2D eigenvalue weighted by molar-refractivity contribution is 7.89. The minimum atomic E-state index is -4.25. The number of carbonyl (C=O) groups excluding carboxylic acids is 2. The lowest BCUT2D eigenvalue weighted by molar-refractivity contribution is -0.140. The van der Waals surface area contributed by atoms with Gasteiger partial charge in [-0.25, -0.2) is 12.7 Å². The molecule has 0 fully saturated rings. The maximum Gasteiger partial charge on any atom is 0.324 e. The predicted octanol–water partition coefficient (Wildman–Crippen LogP) is 0.267. The molecule has 0 saturated carbocycles. The molecule has 1 rings (SSSR count). The Balaban J connectivity index is 3.13. The molecule has 0 heterocycles. The summed E-state index contributed by atoms with van der Waals surface area (Å²) in [6, 6.07) is 5.04. The molecule has 0 bridgehead atoms. The first-order valence-corrected chi connectivity index (χ1v) is 7.21. The van der Waals surface area contributed by atoms with Crippen LogP contribution in [0.4, 0.5) is 5.69 Å². The van der Waals surface area contributed by atoms with Crippen LogP contribution in [0, 0.1) is 0 Å². The maximum absolute atomic E-state index is 12.2. The summed E-state index contributed by atoms with van der Waals surface area (Å²) >= 11 is 0. The molecule has 8 nitrogen and oxygen atoms in total. The van der Waals surface area contributed by atoms with Crippen molar-refractivity contribution in [3.8, 4) is 0 Å². The van der Waals surface area contributed by atoms with E-state index < -0.39 is 28.4 Å². The molecule has 9 heteroatoms. The van der Waals surface area contributed by atoms with E-state index in [0.717, 1.165) is 6.92 Å². The van der Waals surface area contributed by atoms with Crippen LogP contribution in [-0.2, 0) is 24.4 Å². The molecule has 21 heavy (non-hydrogen) atoms. The first-order chi connectivity index (χ1) is 9.64. The third-order valence-electron chi connectivity index (χ3n) is 2.39. The topological polar surface area (TPSA) is 121 Å². The quantitative estimate of drug-likeness (QED) is 0.804. The average molecular weight is 314 g/mol. The van der Waals surface area contributed by atoms with Gasteiger partial charge in [0.15, 0.2) is 0 Å². The number of amides is 2. The summed E-state index contributed by atoms with van der Waals surface area (Å²) in [5.41, 5.74) is 0.383. The Labute approximate surface area is 121 Å². The molecule has 0 saturated heterocycles. The molecular weight excluding hydrogens is 300 g/mol. The summed E-state index contributed by atoms with van der Waals surface area (Å²) < 4.78 is 24.7. The van der Waals surface area contributed by atoms with Crippen LogP contribution >= 0.6 is 0 Å². The smallest absolute Gasteiger partial charge is 0.324 e. The Hall–Kier alpha value is -2.42. The Morgan fingerprint density at radius 1 is 1.14 bits per heavy atom. The summed E-state index contributed by atoms with van der Waals surface area (Å²) in [6.45, 7) is 1.31. The lowest BCUT2D eigenvalue weighted by Crippen LogP contribution is -2.39. The Morgan fingerprint density at radius 2 is 1.67 bits per heavy atom. The van der Waals surface area contributed by atoms with E-state index in [1.54, 1.807) is 0 Å². The molecule has 0 unspecified atom stereocenters. The van der Waals surface area contributed by atoms with Gasteiger partial charge in [0.2, 0.25) is 11.8 Å². The monoisotopic (exact) mass is 314 g/mol. The molecule has 2 N–H and O–H groups in total. The van der Waals surface area contributed by atoms with E-state index >= 15 is 0 Å². The molecule has 0 aliphatic heterocycles. The van der Waals surface area contributed by atoms with E-state index in [0.29, 0.717) is 5.69 Å². The number of carbonyl (C=O) groups is 3. The van der Waals surface area contributed by atoms with Gasteiger partial charge >= 0.3 is 5.97 Å². The second-order valence-corrected chi connectivity index (χ2v) is 5.99. The summed E-state index contributed by atoms with van der Waals surface area (Å²) in [4.78, 5) is 32.6. The SMILES string of the molecule is CC(=O)Nc1ccc(S(=O)(=O)N(CC(=O)O)C(C)=O)cc1. The number of rotatable bonds is 5. The number of benzene rings is 1. The lowest BCUT2D eigenvalue weighted by Gasteiger charge is -2.19. The number of nitrogens with one attached hydrogen (secondary N) is 1. The summed E-state index contributed by atoms with van der Waals surface area (Å²) in [5.74, 6) is -2.66. The van der Waals surface area contributed by atoms with E-state index in [1.165, 1.54) is 31.2 Å². The van der Waals surface area contributed by atoms with E-state index in [-0.39, 0.29) is 15.1 Å². The maximum atomic E-state index is 12.2. The van der Waals surface area contributed by atoms with Crippen LogP contribution in [0.15, 0.2) is 29.2 Å². The van der Waals surface area contributed by atoms with Crippen LogP contribution in [0.3, 0.4) is 0 Å². The van der Waals surface area contributed by atoms with E-state index in [1.807, 2.05) is 0 Å². The highest BCUT2D eigenvalue weighted by Gasteiger charge is 2.28. The number of anilines is 1. The van der Waals surface area contributed by atoms with E-state index in [2.05, 4.69) is 5.32 Å². The molecule has 0 radical (unpaired) electrons. The van der Waals surface area contributed by atoms with Gasteiger partial charge in [0.25, 0.3) is 10.0 Å². The Bertz CT molecular complexity index is 665. The molecule has 2 amide bonds. The Morgan fingerprint density at radius 3 is 2.05 bits per heavy atom. The molecule has 0 aromatic heterocycles. The van der Waals surface area contributed by atoms with Crippen molar-refractivity contribution in [2.75, 3.05) is 11.9 Å². The van der Waals surface area contributed by atoms with Gasteiger partial charge in [-0.05, 0) is 24.3 Å². The van der Waals surface area contributed by atoms with Gasteiger partial charge < -0.3 is 10.4 Å². The molecule has 0 aliphatic rings. The molecule has 0 spiro atoms. The normalized spacial score (nSPS) is 10.8. The number of nitrogens with zero attached hydrogens (tertiary/aromatic N) is 1. The minimum absolute atomic E-state index is 0.243. The van der Waals surface area contributed by atoms with Crippen LogP contribution in [0.5, 0.6) is 0 Å². The fraction of sp³-hybridized carbons (Fsp3) is 0.250. The third kappa shape index (κ3) is 4.28. The summed E-state index contributed by atoms with van der Waals surface area (Å²) in [6.07, 6.45) is 0. The highest BCUT2D eigenvalue weighted by atomic mass is 32.2. The highest BCUT2D eigenvalue weighted by Crippen LogP contribution is 2.18. The fourth-order valence-electron chi connectivity index (χ4n) is 1.53. The molecule has 0 aliphatic carbocycles. The van der Waals surface area contributed by atoms with Crippen molar-refractivity contribution in [3.05, 3.63) is 24.3 Å². The number of carboxylic acids is 1. The van der Waals surface area contributed by atoms with E-state index in [4.69, 9.17) is 5.11 Å². The molecule has 0 atom stereocenters. The zero-order valence-corrected chi connectivity index (χ0v) is 12.2. The predicted molar refractivity (Wildman–Crippen MR) is 73.0 cm³/mol. The second kappa shape index (κ2) is 6.35. The third-order valence-corrected chi connectivity index (χ3v) is 4.23. The number of sulfonamides is 1. The van der Waals surface area contributed by atoms with Crippen LogP contribution in [0.2, 0.25) is 0 Å². The zero-order valence-electron chi connectivity index (χ0n) is 11.4.